The number of Topliss-reactive ketones (excluding diaryl/α,β-unsaturated/α-hetero) is 1. The zero-order valence-corrected chi connectivity index (χ0v) is 20.3. The molecule has 7 nitrogen and oxygen atoms in total. The molecule has 0 bridgehead atoms. The summed E-state index contributed by atoms with van der Waals surface area (Å²) in [6.45, 7) is 8.31. The molecule has 1 aromatic carbocycles. The maximum Gasteiger partial charge on any atom is 0.229 e. The fourth-order valence-electron chi connectivity index (χ4n) is 3.38. The summed E-state index contributed by atoms with van der Waals surface area (Å²) in [4.78, 5) is 19.1. The van der Waals surface area contributed by atoms with Crippen molar-refractivity contribution in [1.82, 2.24) is 9.88 Å². The number of hydrogen-bond acceptors (Lipinski definition) is 5. The summed E-state index contributed by atoms with van der Waals surface area (Å²) in [6.07, 6.45) is 1.10. The molecule has 3 rings (SSSR count). The second kappa shape index (κ2) is 8.47. The van der Waals surface area contributed by atoms with E-state index in [-0.39, 0.29) is 40.6 Å². The SMILES string of the molecule is Br.Cc1ccc2c(n1)C(=N)N(CC(=O)c1ccc(NS(C)(=O)=O)c(C(C)(C)C)c1)C2. The smallest absolute Gasteiger partial charge is 0.229 e. The van der Waals surface area contributed by atoms with Crippen molar-refractivity contribution in [1.29, 1.82) is 5.41 Å². The van der Waals surface area contributed by atoms with Crippen LogP contribution in [0.15, 0.2) is 30.3 Å². The predicted molar refractivity (Wildman–Crippen MR) is 124 cm³/mol. The Balaban J connectivity index is 0.00000320. The number of nitrogens with zero attached hydrogens (tertiary/aromatic N) is 2. The van der Waals surface area contributed by atoms with Crippen molar-refractivity contribution in [2.24, 2.45) is 0 Å². The van der Waals surface area contributed by atoms with Gasteiger partial charge in [-0.05, 0) is 42.2 Å². The van der Waals surface area contributed by atoms with Gasteiger partial charge in [0, 0.05) is 23.4 Å². The van der Waals surface area contributed by atoms with Gasteiger partial charge in [-0.3, -0.25) is 14.9 Å². The van der Waals surface area contributed by atoms with Crippen LogP contribution in [0.5, 0.6) is 0 Å². The van der Waals surface area contributed by atoms with Crippen molar-refractivity contribution >= 4 is 44.3 Å². The van der Waals surface area contributed by atoms with Gasteiger partial charge in [0.25, 0.3) is 0 Å². The molecule has 30 heavy (non-hydrogen) atoms. The minimum atomic E-state index is -3.43. The average Bonchev–Trinajstić information content (AvgIpc) is 2.88. The molecule has 2 heterocycles. The Morgan fingerprint density at radius 2 is 1.90 bits per heavy atom. The average molecular weight is 495 g/mol. The van der Waals surface area contributed by atoms with E-state index in [2.05, 4.69) is 9.71 Å². The lowest BCUT2D eigenvalue weighted by Gasteiger charge is -2.24. The first-order valence-corrected chi connectivity index (χ1v) is 11.2. The maximum atomic E-state index is 12.9. The molecule has 2 N–H and O–H groups in total. The van der Waals surface area contributed by atoms with Crippen molar-refractivity contribution in [3.05, 3.63) is 58.4 Å². The Labute approximate surface area is 188 Å². The Bertz CT molecular complexity index is 1110. The summed E-state index contributed by atoms with van der Waals surface area (Å²) in [5, 5.41) is 8.35. The number of ketones is 1. The van der Waals surface area contributed by atoms with Gasteiger partial charge in [-0.1, -0.05) is 26.8 Å². The van der Waals surface area contributed by atoms with Gasteiger partial charge in [0.15, 0.2) is 5.78 Å². The molecule has 1 aliphatic heterocycles. The zero-order valence-electron chi connectivity index (χ0n) is 17.7. The third-order valence-electron chi connectivity index (χ3n) is 4.80. The van der Waals surface area contributed by atoms with E-state index in [0.29, 0.717) is 23.5 Å². The van der Waals surface area contributed by atoms with Crippen molar-refractivity contribution in [3.8, 4) is 0 Å². The summed E-state index contributed by atoms with van der Waals surface area (Å²) in [5.41, 5.74) is 3.74. The number of rotatable bonds is 5. The molecule has 0 radical (unpaired) electrons. The van der Waals surface area contributed by atoms with E-state index in [4.69, 9.17) is 5.41 Å². The van der Waals surface area contributed by atoms with E-state index in [1.54, 1.807) is 23.1 Å². The molecule has 0 saturated heterocycles. The number of nitrogens with one attached hydrogen (secondary N) is 2. The van der Waals surface area contributed by atoms with Crippen molar-refractivity contribution in [3.63, 3.8) is 0 Å². The van der Waals surface area contributed by atoms with Crippen LogP contribution in [0.4, 0.5) is 5.69 Å². The Morgan fingerprint density at radius 1 is 1.23 bits per heavy atom. The van der Waals surface area contributed by atoms with E-state index >= 15 is 0 Å². The number of pyridine rings is 1. The number of halogens is 1. The zero-order chi connectivity index (χ0) is 21.6. The molecule has 0 spiro atoms. The van der Waals surface area contributed by atoms with Crippen LogP contribution in [0.2, 0.25) is 0 Å². The molecule has 0 saturated carbocycles. The largest absolute Gasteiger partial charge is 0.343 e. The Kier molecular flexibility index (Phi) is 6.78. The lowest BCUT2D eigenvalue weighted by Crippen LogP contribution is -2.30. The minimum absolute atomic E-state index is 0. The van der Waals surface area contributed by atoms with Crippen molar-refractivity contribution < 1.29 is 13.2 Å². The van der Waals surface area contributed by atoms with Crippen LogP contribution in [0.3, 0.4) is 0 Å². The third-order valence-corrected chi connectivity index (χ3v) is 5.39. The van der Waals surface area contributed by atoms with Gasteiger partial charge in [-0.15, -0.1) is 17.0 Å². The molecular weight excluding hydrogens is 468 g/mol. The van der Waals surface area contributed by atoms with Gasteiger partial charge in [-0.2, -0.15) is 0 Å². The number of aryl methyl sites for hydroxylation is 1. The monoisotopic (exact) mass is 494 g/mol. The molecule has 1 aliphatic rings. The molecule has 0 unspecified atom stereocenters. The minimum Gasteiger partial charge on any atom is -0.343 e. The molecular formula is C21H27BrN4O3S. The molecule has 0 fully saturated rings. The van der Waals surface area contributed by atoms with E-state index in [1.807, 2.05) is 39.8 Å². The molecule has 1 aromatic heterocycles. The number of amidine groups is 1. The third kappa shape index (κ3) is 5.26. The van der Waals surface area contributed by atoms with E-state index in [9.17, 15) is 13.2 Å². The van der Waals surface area contributed by atoms with Crippen molar-refractivity contribution in [2.45, 2.75) is 39.7 Å². The highest BCUT2D eigenvalue weighted by atomic mass is 79.9. The van der Waals surface area contributed by atoms with E-state index in [0.717, 1.165) is 23.1 Å². The van der Waals surface area contributed by atoms with Crippen LogP contribution >= 0.6 is 17.0 Å². The van der Waals surface area contributed by atoms with Gasteiger partial charge in [0.05, 0.1) is 18.5 Å². The highest BCUT2D eigenvalue weighted by Gasteiger charge is 2.28. The normalized spacial score (nSPS) is 13.6. The number of carbonyl (C=O) groups is 1. The fourth-order valence-corrected chi connectivity index (χ4v) is 3.96. The van der Waals surface area contributed by atoms with Crippen molar-refractivity contribution in [2.75, 3.05) is 17.5 Å². The second-order valence-corrected chi connectivity index (χ2v) is 10.2. The lowest BCUT2D eigenvalue weighted by atomic mass is 9.84. The van der Waals surface area contributed by atoms with E-state index < -0.39 is 10.0 Å². The van der Waals surface area contributed by atoms with Gasteiger partial charge >= 0.3 is 0 Å². The number of sulfonamides is 1. The second-order valence-electron chi connectivity index (χ2n) is 8.47. The summed E-state index contributed by atoms with van der Waals surface area (Å²) >= 11 is 0. The van der Waals surface area contributed by atoms with Crippen LogP contribution in [-0.4, -0.2) is 42.7 Å². The number of fused-ring (bicyclic) bond motifs is 1. The van der Waals surface area contributed by atoms with Gasteiger partial charge in [-0.25, -0.2) is 13.4 Å². The first-order chi connectivity index (χ1) is 13.3. The Morgan fingerprint density at radius 3 is 2.50 bits per heavy atom. The standard InChI is InChI=1S/C21H26N4O3S.BrH/c1-13-6-7-15-11-25(20(22)19(15)23-13)12-18(26)14-8-9-17(24-29(5,27)28)16(10-14)21(2,3)4;/h6-10,22,24H,11-12H2,1-5H3;1H. The maximum absolute atomic E-state index is 12.9. The number of anilines is 1. The quantitative estimate of drug-likeness (QED) is 0.617. The Hall–Kier alpha value is -2.26. The molecule has 0 aliphatic carbocycles. The summed E-state index contributed by atoms with van der Waals surface area (Å²) in [7, 11) is -3.43. The number of hydrogen-bond donors (Lipinski definition) is 2. The first-order valence-electron chi connectivity index (χ1n) is 9.31. The first kappa shape index (κ1) is 24.0. The van der Waals surface area contributed by atoms with Crippen LogP contribution in [0, 0.1) is 12.3 Å². The van der Waals surface area contributed by atoms with Crippen LogP contribution in [0.25, 0.3) is 0 Å². The summed E-state index contributed by atoms with van der Waals surface area (Å²) in [5.74, 6) is 0.124. The molecule has 0 atom stereocenters. The lowest BCUT2D eigenvalue weighted by molar-refractivity contribution is 0.0962. The van der Waals surface area contributed by atoms with Gasteiger partial charge in [0.2, 0.25) is 10.0 Å². The molecule has 2 aromatic rings. The van der Waals surface area contributed by atoms with Crippen LogP contribution < -0.4 is 4.72 Å². The highest BCUT2D eigenvalue weighted by molar-refractivity contribution is 8.93. The number of benzene rings is 1. The van der Waals surface area contributed by atoms with Gasteiger partial charge < -0.3 is 4.90 Å². The number of carbonyl (C=O) groups excluding carboxylic acids is 1. The number of aromatic nitrogens is 1. The molecule has 0 amide bonds. The highest BCUT2D eigenvalue weighted by Crippen LogP contribution is 2.31. The fraction of sp³-hybridized carbons (Fsp3) is 0.381. The topological polar surface area (TPSA) is 103 Å². The molecule has 9 heteroatoms. The summed E-state index contributed by atoms with van der Waals surface area (Å²) in [6, 6.07) is 8.84. The van der Waals surface area contributed by atoms with Crippen LogP contribution in [0.1, 0.15) is 53.6 Å². The van der Waals surface area contributed by atoms with Crippen LogP contribution in [-0.2, 0) is 22.0 Å². The molecule has 162 valence electrons. The van der Waals surface area contributed by atoms with E-state index in [1.165, 1.54) is 0 Å². The predicted octanol–water partition coefficient (Wildman–Crippen LogP) is 3.66. The van der Waals surface area contributed by atoms with Gasteiger partial charge in [0.1, 0.15) is 11.5 Å². The summed E-state index contributed by atoms with van der Waals surface area (Å²) < 4.78 is 25.9.